The molecule has 0 aliphatic carbocycles. The molecule has 3 atom stereocenters. The minimum Gasteiger partial charge on any atom is -0.480 e. The van der Waals surface area contributed by atoms with E-state index >= 15 is 4.39 Å². The summed E-state index contributed by atoms with van der Waals surface area (Å²) in [4.78, 5) is 46.9. The summed E-state index contributed by atoms with van der Waals surface area (Å²) in [5, 5.41) is 12.4. The molecule has 0 spiro atoms. The van der Waals surface area contributed by atoms with Crippen LogP contribution in [0.15, 0.2) is 53.3 Å². The molecule has 38 heavy (non-hydrogen) atoms. The Kier molecular flexibility index (Phi) is 7.13. The van der Waals surface area contributed by atoms with Crippen molar-refractivity contribution in [3.63, 3.8) is 0 Å². The molecular weight excluding hydrogens is 493 g/mol. The Balaban J connectivity index is 1.50. The van der Waals surface area contributed by atoms with Crippen molar-refractivity contribution in [2.24, 2.45) is 0 Å². The van der Waals surface area contributed by atoms with Crippen LogP contribution in [0.2, 0.25) is 0 Å². The van der Waals surface area contributed by atoms with Gasteiger partial charge in [-0.3, -0.25) is 14.6 Å². The zero-order valence-corrected chi connectivity index (χ0v) is 21.2. The van der Waals surface area contributed by atoms with E-state index in [4.69, 9.17) is 9.52 Å². The molecule has 0 radical (unpaired) electrons. The lowest BCUT2D eigenvalue weighted by molar-refractivity contribution is -0.808. The van der Waals surface area contributed by atoms with Gasteiger partial charge in [0.05, 0.1) is 13.1 Å². The van der Waals surface area contributed by atoms with Crippen molar-refractivity contribution in [3.8, 4) is 0 Å². The number of aliphatic carboxylic acids is 1. The Morgan fingerprint density at radius 3 is 2.63 bits per heavy atom. The highest BCUT2D eigenvalue weighted by molar-refractivity contribution is 5.91. The number of carbonyl (C=O) groups is 3. The number of likely N-dealkylation sites (tertiary alicyclic amines) is 1. The van der Waals surface area contributed by atoms with Gasteiger partial charge in [0, 0.05) is 44.7 Å². The van der Waals surface area contributed by atoms with Crippen molar-refractivity contribution in [3.05, 3.63) is 60.0 Å². The Morgan fingerprint density at radius 1 is 1.18 bits per heavy atom. The van der Waals surface area contributed by atoms with Crippen molar-refractivity contribution in [2.75, 3.05) is 44.6 Å². The molecule has 5 rings (SSSR count). The average Bonchev–Trinajstić information content (AvgIpc) is 3.54. The predicted octanol–water partition coefficient (Wildman–Crippen LogP) is 3.54. The maximum absolute atomic E-state index is 15.8. The number of carboxylic acids is 1. The summed E-state index contributed by atoms with van der Waals surface area (Å²) in [6, 6.07) is 11.0. The lowest BCUT2D eigenvalue weighted by Gasteiger charge is -2.40. The number of urea groups is 1. The maximum Gasteiger partial charge on any atom is 0.429 e. The first-order chi connectivity index (χ1) is 18.3. The molecule has 11 heteroatoms. The Morgan fingerprint density at radius 2 is 1.95 bits per heavy atom. The molecule has 3 unspecified atom stereocenters. The molecule has 2 aromatic carbocycles. The van der Waals surface area contributed by atoms with Crippen molar-refractivity contribution in [1.82, 2.24) is 14.8 Å². The largest absolute Gasteiger partial charge is 0.480 e. The number of hydrogen-bond donors (Lipinski definition) is 2. The molecule has 3 amide bonds. The number of fused-ring (bicyclic) bond motifs is 1. The van der Waals surface area contributed by atoms with Crippen LogP contribution in [0.1, 0.15) is 30.0 Å². The smallest absolute Gasteiger partial charge is 0.429 e. The minimum absolute atomic E-state index is 0.0602. The lowest BCUT2D eigenvalue weighted by atomic mass is 10.0. The second-order valence-electron chi connectivity index (χ2n) is 9.92. The summed E-state index contributed by atoms with van der Waals surface area (Å²) in [6.45, 7) is 2.98. The van der Waals surface area contributed by atoms with Gasteiger partial charge in [0.1, 0.15) is 5.52 Å². The SMILES string of the molecule is Cc1ccccc1NC(C(=O)[N+]1(C(=O)N2CCN(CC(=O)O)CC2)CCCC1F)c1ccc2ncoc2c1. The van der Waals surface area contributed by atoms with Crippen LogP contribution in [-0.2, 0) is 9.59 Å². The average molecular weight is 525 g/mol. The van der Waals surface area contributed by atoms with Crippen LogP contribution in [0.5, 0.6) is 0 Å². The third kappa shape index (κ3) is 4.74. The van der Waals surface area contributed by atoms with Crippen LogP contribution < -0.4 is 5.32 Å². The number of aryl methyl sites for hydroxylation is 1. The van der Waals surface area contributed by atoms with E-state index < -0.39 is 34.7 Å². The summed E-state index contributed by atoms with van der Waals surface area (Å²) in [7, 11) is 0. The number of nitrogens with zero attached hydrogens (tertiary/aromatic N) is 4. The second-order valence-corrected chi connectivity index (χ2v) is 9.92. The molecule has 2 N–H and O–H groups in total. The molecule has 3 aromatic rings. The fraction of sp³-hybridized carbons (Fsp3) is 0.407. The van der Waals surface area contributed by atoms with E-state index in [0.29, 0.717) is 41.9 Å². The summed E-state index contributed by atoms with van der Waals surface area (Å²) in [5.74, 6) is -1.52. The first-order valence-electron chi connectivity index (χ1n) is 12.7. The van der Waals surface area contributed by atoms with Crippen molar-refractivity contribution >= 4 is 34.7 Å². The van der Waals surface area contributed by atoms with Gasteiger partial charge in [0.25, 0.3) is 0 Å². The van der Waals surface area contributed by atoms with Gasteiger partial charge in [-0.2, -0.15) is 4.39 Å². The Labute approximate surface area is 219 Å². The topological polar surface area (TPSA) is 116 Å². The number of carbonyl (C=O) groups excluding carboxylic acids is 2. The van der Waals surface area contributed by atoms with Crippen LogP contribution in [0, 0.1) is 6.92 Å². The van der Waals surface area contributed by atoms with Crippen LogP contribution in [-0.4, -0.2) is 87.8 Å². The highest BCUT2D eigenvalue weighted by atomic mass is 19.1. The molecule has 3 heterocycles. The second kappa shape index (κ2) is 10.5. The number of halogens is 1. The minimum atomic E-state index is -1.68. The zero-order chi connectivity index (χ0) is 26.9. The number of hydrogen-bond acceptors (Lipinski definition) is 7. The van der Waals surface area contributed by atoms with Gasteiger partial charge in [-0.1, -0.05) is 24.3 Å². The molecule has 1 aromatic heterocycles. The van der Waals surface area contributed by atoms with Crippen molar-refractivity contribution in [2.45, 2.75) is 32.1 Å². The van der Waals surface area contributed by atoms with Gasteiger partial charge in [0.2, 0.25) is 6.30 Å². The van der Waals surface area contributed by atoms with Crippen LogP contribution in [0.3, 0.4) is 0 Å². The number of quaternary nitrogens is 1. The number of oxazole rings is 1. The van der Waals surface area contributed by atoms with Gasteiger partial charge in [-0.15, -0.1) is 4.48 Å². The van der Waals surface area contributed by atoms with Gasteiger partial charge in [-0.25, -0.2) is 14.6 Å². The number of alkyl halides is 1. The van der Waals surface area contributed by atoms with Gasteiger partial charge >= 0.3 is 17.9 Å². The molecule has 2 aliphatic rings. The number of para-hydroxylation sites is 1. The van der Waals surface area contributed by atoms with E-state index in [2.05, 4.69) is 10.3 Å². The molecule has 2 fully saturated rings. The molecule has 10 nitrogen and oxygen atoms in total. The van der Waals surface area contributed by atoms with E-state index in [1.54, 1.807) is 23.1 Å². The van der Waals surface area contributed by atoms with Crippen LogP contribution in [0.25, 0.3) is 11.1 Å². The fourth-order valence-electron chi connectivity index (χ4n) is 5.43. The van der Waals surface area contributed by atoms with Gasteiger partial charge in [0.15, 0.2) is 18.0 Å². The number of anilines is 1. The van der Waals surface area contributed by atoms with E-state index in [1.165, 1.54) is 11.3 Å². The third-order valence-corrected chi connectivity index (χ3v) is 7.55. The normalized spacial score (nSPS) is 22.9. The number of nitrogens with one attached hydrogen (secondary N) is 1. The molecule has 0 saturated carbocycles. The highest BCUT2D eigenvalue weighted by Crippen LogP contribution is 2.37. The fourth-order valence-corrected chi connectivity index (χ4v) is 5.43. The first-order valence-corrected chi connectivity index (χ1v) is 12.7. The Hall–Kier alpha value is -3.83. The van der Waals surface area contributed by atoms with Crippen LogP contribution in [0.4, 0.5) is 14.9 Å². The van der Waals surface area contributed by atoms with E-state index in [1.807, 2.05) is 31.2 Å². The predicted molar refractivity (Wildman–Crippen MR) is 137 cm³/mol. The molecule has 0 bridgehead atoms. The maximum atomic E-state index is 15.8. The molecular formula is C27H31FN5O5+. The van der Waals surface area contributed by atoms with Crippen molar-refractivity contribution < 1.29 is 32.8 Å². The highest BCUT2D eigenvalue weighted by Gasteiger charge is 2.59. The van der Waals surface area contributed by atoms with E-state index in [-0.39, 0.29) is 32.6 Å². The Bertz CT molecular complexity index is 1350. The first kappa shape index (κ1) is 25.8. The van der Waals surface area contributed by atoms with E-state index in [0.717, 1.165) is 5.56 Å². The number of rotatable bonds is 6. The number of carboxylic acid groups (broad SMARTS) is 1. The number of aromatic nitrogens is 1. The van der Waals surface area contributed by atoms with Gasteiger partial charge < -0.3 is 14.8 Å². The molecule has 2 aliphatic heterocycles. The summed E-state index contributed by atoms with van der Waals surface area (Å²) in [6.07, 6.45) is 0.145. The molecule has 2 saturated heterocycles. The number of piperazine rings is 1. The monoisotopic (exact) mass is 524 g/mol. The van der Waals surface area contributed by atoms with Crippen LogP contribution >= 0.6 is 0 Å². The van der Waals surface area contributed by atoms with Crippen molar-refractivity contribution in [1.29, 1.82) is 0 Å². The molecule has 200 valence electrons. The number of imide groups is 1. The number of amides is 3. The van der Waals surface area contributed by atoms with Gasteiger partial charge in [-0.05, 0) is 36.2 Å². The standard InChI is InChI=1S/C27H30FN5O5/c1-18-5-2-3-6-20(18)30-25(19-8-9-21-22(15-19)38-17-29-21)26(36)33(14-4-7-23(33)28)27(37)32-12-10-31(11-13-32)16-24(34)35/h2-3,5-6,8-9,15,17,23,25,30H,4,7,10-14,16H2,1H3/p+1. The quantitative estimate of drug-likeness (QED) is 0.372. The number of benzene rings is 2. The summed E-state index contributed by atoms with van der Waals surface area (Å²) >= 11 is 0. The summed E-state index contributed by atoms with van der Waals surface area (Å²) < 4.78 is 20.3. The lowest BCUT2D eigenvalue weighted by Crippen LogP contribution is -2.66. The third-order valence-electron chi connectivity index (χ3n) is 7.55. The van der Waals surface area contributed by atoms with E-state index in [9.17, 15) is 14.4 Å². The summed E-state index contributed by atoms with van der Waals surface area (Å²) in [5.41, 5.74) is 3.25. The zero-order valence-electron chi connectivity index (χ0n) is 21.2.